The Kier molecular flexibility index (Phi) is 8.38. The number of thiocarbonyl (C=S) groups is 1. The molecule has 2 aromatic heterocycles. The number of nitrogens with one attached hydrogen (secondary N) is 2. The van der Waals surface area contributed by atoms with Crippen molar-refractivity contribution in [3.63, 3.8) is 0 Å². The van der Waals surface area contributed by atoms with Crippen molar-refractivity contribution in [1.82, 2.24) is 14.9 Å². The van der Waals surface area contributed by atoms with Gasteiger partial charge in [-0.25, -0.2) is 0 Å². The molecule has 0 spiro atoms. The van der Waals surface area contributed by atoms with Crippen molar-refractivity contribution in [3.8, 4) is 11.4 Å². The van der Waals surface area contributed by atoms with Crippen LogP contribution >= 0.6 is 23.8 Å². The molecular weight excluding hydrogens is 588 g/mol. The number of nitro benzene ring substituents is 1. The molecule has 2 N–H and O–H groups in total. The summed E-state index contributed by atoms with van der Waals surface area (Å²) in [5.74, 6) is 0.0577. The summed E-state index contributed by atoms with van der Waals surface area (Å²) in [5.41, 5.74) is 4.87. The molecule has 4 aromatic rings. The normalized spacial score (nSPS) is 16.3. The second kappa shape index (κ2) is 12.0. The number of nitro groups is 1. The molecule has 0 saturated carbocycles. The van der Waals surface area contributed by atoms with Crippen LogP contribution in [0.5, 0.6) is 5.75 Å². The minimum absolute atomic E-state index is 0.0725. The van der Waals surface area contributed by atoms with Crippen LogP contribution < -0.4 is 20.3 Å². The van der Waals surface area contributed by atoms with Crippen molar-refractivity contribution in [2.45, 2.75) is 39.8 Å². The molecule has 222 valence electrons. The van der Waals surface area contributed by atoms with Crippen molar-refractivity contribution >= 4 is 51.9 Å². The number of carbonyl (C=O) groups excluding carboxylic acids is 1. The maximum Gasteiger partial charge on any atom is 0.296 e. The van der Waals surface area contributed by atoms with Gasteiger partial charge in [-0.05, 0) is 80.2 Å². The zero-order chi connectivity index (χ0) is 31.0. The number of rotatable bonds is 8. The molecule has 0 aliphatic carbocycles. The first-order valence-corrected chi connectivity index (χ1v) is 14.4. The summed E-state index contributed by atoms with van der Waals surface area (Å²) in [7, 11) is 1.47. The molecule has 1 aliphatic rings. The number of halogens is 1. The lowest BCUT2D eigenvalue weighted by atomic mass is 9.96. The molecule has 1 fully saturated rings. The predicted molar refractivity (Wildman–Crippen MR) is 171 cm³/mol. The van der Waals surface area contributed by atoms with E-state index in [0.717, 1.165) is 22.6 Å². The molecule has 10 nitrogen and oxygen atoms in total. The predicted octanol–water partition coefficient (Wildman–Crippen LogP) is 6.83. The maximum atomic E-state index is 12.3. The average Bonchev–Trinajstić information content (AvgIpc) is 3.48. The minimum Gasteiger partial charge on any atom is -0.496 e. The number of aryl methyl sites for hydroxylation is 1. The molecule has 0 bridgehead atoms. The first-order chi connectivity index (χ1) is 20.5. The van der Waals surface area contributed by atoms with E-state index in [2.05, 4.69) is 15.6 Å². The second-order valence-electron chi connectivity index (χ2n) is 10.6. The van der Waals surface area contributed by atoms with Crippen LogP contribution in [0.1, 0.15) is 48.6 Å². The van der Waals surface area contributed by atoms with Crippen molar-refractivity contribution in [3.05, 3.63) is 105 Å². The lowest BCUT2D eigenvalue weighted by molar-refractivity contribution is -0.384. The third-order valence-corrected chi connectivity index (χ3v) is 8.15. The fourth-order valence-electron chi connectivity index (χ4n) is 5.40. The molecule has 5 rings (SSSR count). The molecule has 1 amide bonds. The molecule has 1 aliphatic heterocycles. The minimum atomic E-state index is -0.409. The zero-order valence-electron chi connectivity index (χ0n) is 24.3. The van der Waals surface area contributed by atoms with Gasteiger partial charge in [-0.2, -0.15) is 0 Å². The first-order valence-electron chi connectivity index (χ1n) is 13.6. The number of hydrogen-bond acceptors (Lipinski definition) is 6. The van der Waals surface area contributed by atoms with Crippen molar-refractivity contribution in [2.75, 3.05) is 17.3 Å². The maximum absolute atomic E-state index is 12.3. The fourth-order valence-corrected chi connectivity index (χ4v) is 5.97. The number of anilines is 2. The summed E-state index contributed by atoms with van der Waals surface area (Å²) >= 11 is 12.5. The highest BCUT2D eigenvalue weighted by molar-refractivity contribution is 7.80. The summed E-state index contributed by atoms with van der Waals surface area (Å²) in [6.45, 7) is 7.47. The lowest BCUT2D eigenvalue weighted by Crippen LogP contribution is -2.29. The molecule has 12 heteroatoms. The van der Waals surface area contributed by atoms with E-state index < -0.39 is 4.92 Å². The van der Waals surface area contributed by atoms with Gasteiger partial charge in [-0.1, -0.05) is 31.5 Å². The molecule has 2 atom stereocenters. The molecule has 3 heterocycles. The molecule has 0 radical (unpaired) electrons. The fraction of sp³-hybridized carbons (Fsp3) is 0.258. The Hall–Kier alpha value is -4.48. The van der Waals surface area contributed by atoms with E-state index in [-0.39, 0.29) is 29.6 Å². The standard InChI is InChI=1S/C31H31ClN6O4S/c1-17(2)30(39)34-24-11-9-20(15-23(24)32)37-29(28(35-31(37)43)25-8-6-7-13-33-25)22-14-18(3)36(19(22)4)26-12-10-21(42-5)16-27(26)38(40)41/h6-17,28-29H,1-5H3,(H,34,39)(H,35,43)/t28-,29-/m1/s1. The quantitative estimate of drug-likeness (QED) is 0.125. The Bertz CT molecular complexity index is 1720. The molecule has 43 heavy (non-hydrogen) atoms. The van der Waals surface area contributed by atoms with Crippen LogP contribution in [0.4, 0.5) is 17.1 Å². The van der Waals surface area contributed by atoms with Crippen molar-refractivity contribution in [1.29, 1.82) is 0 Å². The second-order valence-corrected chi connectivity index (χ2v) is 11.4. The van der Waals surface area contributed by atoms with Crippen LogP contribution in [0.2, 0.25) is 5.02 Å². The topological polar surface area (TPSA) is 115 Å². The van der Waals surface area contributed by atoms with Gasteiger partial charge < -0.3 is 24.8 Å². The number of benzene rings is 2. The van der Waals surface area contributed by atoms with Crippen LogP contribution in [0, 0.1) is 29.9 Å². The summed E-state index contributed by atoms with van der Waals surface area (Å²) < 4.78 is 7.12. The summed E-state index contributed by atoms with van der Waals surface area (Å²) in [6.07, 6.45) is 1.73. The smallest absolute Gasteiger partial charge is 0.296 e. The summed E-state index contributed by atoms with van der Waals surface area (Å²) in [4.78, 5) is 30.6. The van der Waals surface area contributed by atoms with E-state index >= 15 is 0 Å². The highest BCUT2D eigenvalue weighted by Crippen LogP contribution is 2.45. The van der Waals surface area contributed by atoms with Crippen molar-refractivity contribution < 1.29 is 14.5 Å². The Morgan fingerprint density at radius 3 is 2.56 bits per heavy atom. The molecule has 2 aromatic carbocycles. The van der Waals surface area contributed by atoms with Crippen LogP contribution in [0.25, 0.3) is 5.69 Å². The van der Waals surface area contributed by atoms with Crippen LogP contribution in [-0.2, 0) is 4.79 Å². The highest BCUT2D eigenvalue weighted by Gasteiger charge is 2.42. The number of amides is 1. The van der Waals surface area contributed by atoms with E-state index in [1.807, 2.05) is 67.5 Å². The van der Waals surface area contributed by atoms with Gasteiger partial charge in [0.05, 0.1) is 46.6 Å². The Balaban J connectivity index is 1.65. The van der Waals surface area contributed by atoms with E-state index in [9.17, 15) is 14.9 Å². The number of nitrogens with zero attached hydrogens (tertiary/aromatic N) is 4. The van der Waals surface area contributed by atoms with Crippen LogP contribution in [0.15, 0.2) is 66.9 Å². The summed E-state index contributed by atoms with van der Waals surface area (Å²) in [5, 5.41) is 19.2. The third kappa shape index (κ3) is 5.65. The van der Waals surface area contributed by atoms with Gasteiger partial charge in [-0.15, -0.1) is 0 Å². The van der Waals surface area contributed by atoms with E-state index in [1.54, 1.807) is 30.5 Å². The van der Waals surface area contributed by atoms with Crippen LogP contribution in [-0.4, -0.2) is 32.6 Å². The van der Waals surface area contributed by atoms with E-state index in [1.165, 1.54) is 13.2 Å². The number of aromatic nitrogens is 2. The number of carbonyl (C=O) groups is 1. The number of methoxy groups -OCH3 is 1. The largest absolute Gasteiger partial charge is 0.496 e. The number of ether oxygens (including phenoxy) is 1. The molecular formula is C31H31ClN6O4S. The Morgan fingerprint density at radius 1 is 1.16 bits per heavy atom. The van der Waals surface area contributed by atoms with E-state index in [4.69, 9.17) is 28.6 Å². The molecule has 1 saturated heterocycles. The van der Waals surface area contributed by atoms with Gasteiger partial charge >= 0.3 is 0 Å². The lowest BCUT2D eigenvalue weighted by Gasteiger charge is -2.28. The molecule has 0 unspecified atom stereocenters. The van der Waals surface area contributed by atoms with Gasteiger partial charge in [0.1, 0.15) is 11.4 Å². The number of hydrogen-bond donors (Lipinski definition) is 2. The monoisotopic (exact) mass is 618 g/mol. The highest BCUT2D eigenvalue weighted by atomic mass is 35.5. The Labute approximate surface area is 259 Å². The van der Waals surface area contributed by atoms with Gasteiger partial charge in [0.25, 0.3) is 5.69 Å². The average molecular weight is 619 g/mol. The van der Waals surface area contributed by atoms with Gasteiger partial charge in [0.15, 0.2) is 5.11 Å². The Morgan fingerprint density at radius 2 is 1.93 bits per heavy atom. The third-order valence-electron chi connectivity index (χ3n) is 7.52. The van der Waals surface area contributed by atoms with Crippen molar-refractivity contribution in [2.24, 2.45) is 5.92 Å². The van der Waals surface area contributed by atoms with Gasteiger partial charge in [0, 0.05) is 29.2 Å². The van der Waals surface area contributed by atoms with E-state index in [0.29, 0.717) is 32.9 Å². The number of pyridine rings is 1. The SMILES string of the molecule is COc1ccc(-n2c(C)cc([C@@H]3[C@@H](c4ccccn4)NC(=S)N3c3ccc(NC(=O)C(C)C)c(Cl)c3)c2C)c([N+](=O)[O-])c1. The zero-order valence-corrected chi connectivity index (χ0v) is 25.9. The first kappa shape index (κ1) is 30.0. The van der Waals surface area contributed by atoms with Gasteiger partial charge in [0.2, 0.25) is 5.91 Å². The van der Waals surface area contributed by atoms with Gasteiger partial charge in [-0.3, -0.25) is 19.9 Å². The van der Waals surface area contributed by atoms with Crippen LogP contribution in [0.3, 0.4) is 0 Å². The summed E-state index contributed by atoms with van der Waals surface area (Å²) in [6, 6.07) is 17.2.